The molecule has 0 aromatic heterocycles. The molecule has 5 nitrogen and oxygen atoms in total. The number of aliphatic hydroxyl groups excluding tert-OH is 1. The first-order valence-electron chi connectivity index (χ1n) is 5.70. The molecule has 1 aliphatic rings. The Labute approximate surface area is 100 Å². The van der Waals surface area contributed by atoms with Gasteiger partial charge in [0.1, 0.15) is 0 Å². The molecule has 2 rings (SSSR count). The highest BCUT2D eigenvalue weighted by atomic mass is 16.3. The molecule has 17 heavy (non-hydrogen) atoms. The Kier molecular flexibility index (Phi) is 3.19. The van der Waals surface area contributed by atoms with Gasteiger partial charge in [0, 0.05) is 12.1 Å². The number of nitrogen functional groups attached to an aromatic ring is 1. The summed E-state index contributed by atoms with van der Waals surface area (Å²) in [6.45, 7) is 0.942. The Bertz CT molecular complexity index is 434. The van der Waals surface area contributed by atoms with Crippen LogP contribution in [0.4, 0.5) is 11.4 Å². The molecule has 5 N–H and O–H groups in total. The molecule has 1 fully saturated rings. The molecule has 0 bridgehead atoms. The number of rotatable bonds is 3. The maximum Gasteiger partial charge on any atom is 0.248 e. The standard InChI is InChI=1S/C12H17N3O2/c13-10-4-3-8(12(14)17)6-11(10)15-5-1-2-9(15)7-16/h3-4,6,9,16H,1-2,5,7,13H2,(H2,14,17). The minimum atomic E-state index is -0.467. The molecule has 0 aliphatic carbocycles. The van der Waals surface area contributed by atoms with E-state index in [2.05, 4.69) is 0 Å². The fourth-order valence-corrected chi connectivity index (χ4v) is 2.29. The normalized spacial score (nSPS) is 19.6. The van der Waals surface area contributed by atoms with Crippen LogP contribution in [0, 0.1) is 0 Å². The number of amides is 1. The first kappa shape index (κ1) is 11.7. The van der Waals surface area contributed by atoms with E-state index in [1.54, 1.807) is 18.2 Å². The zero-order valence-corrected chi connectivity index (χ0v) is 9.60. The Balaban J connectivity index is 2.36. The zero-order chi connectivity index (χ0) is 12.4. The number of primary amides is 1. The largest absolute Gasteiger partial charge is 0.397 e. The van der Waals surface area contributed by atoms with Gasteiger partial charge < -0.3 is 21.5 Å². The van der Waals surface area contributed by atoms with Crippen LogP contribution in [0.3, 0.4) is 0 Å². The Morgan fingerprint density at radius 1 is 1.53 bits per heavy atom. The molecule has 1 aliphatic heterocycles. The van der Waals surface area contributed by atoms with Crippen molar-refractivity contribution < 1.29 is 9.90 Å². The number of hydrogen-bond acceptors (Lipinski definition) is 4. The van der Waals surface area contributed by atoms with E-state index in [0.717, 1.165) is 25.1 Å². The van der Waals surface area contributed by atoms with E-state index >= 15 is 0 Å². The second-order valence-corrected chi connectivity index (χ2v) is 4.31. The van der Waals surface area contributed by atoms with Gasteiger partial charge >= 0.3 is 0 Å². The van der Waals surface area contributed by atoms with Crippen LogP contribution in [-0.4, -0.2) is 30.2 Å². The van der Waals surface area contributed by atoms with Gasteiger partial charge in [-0.1, -0.05) is 0 Å². The molecule has 5 heteroatoms. The van der Waals surface area contributed by atoms with Crippen LogP contribution in [0.25, 0.3) is 0 Å². The lowest BCUT2D eigenvalue weighted by Gasteiger charge is -2.26. The van der Waals surface area contributed by atoms with E-state index in [4.69, 9.17) is 11.5 Å². The van der Waals surface area contributed by atoms with Crippen molar-refractivity contribution in [2.45, 2.75) is 18.9 Å². The molecule has 0 saturated carbocycles. The predicted octanol–water partition coefficient (Wildman–Crippen LogP) is 0.329. The molecule has 1 atom stereocenters. The van der Waals surface area contributed by atoms with Crippen molar-refractivity contribution in [3.63, 3.8) is 0 Å². The maximum absolute atomic E-state index is 11.1. The van der Waals surface area contributed by atoms with Crippen molar-refractivity contribution in [2.24, 2.45) is 5.73 Å². The third kappa shape index (κ3) is 2.19. The number of aliphatic hydroxyl groups is 1. The number of nitrogens with zero attached hydrogens (tertiary/aromatic N) is 1. The first-order chi connectivity index (χ1) is 8.13. The molecular weight excluding hydrogens is 218 g/mol. The highest BCUT2D eigenvalue weighted by Gasteiger charge is 2.25. The third-order valence-electron chi connectivity index (χ3n) is 3.21. The van der Waals surface area contributed by atoms with E-state index in [1.807, 2.05) is 4.90 Å². The summed E-state index contributed by atoms with van der Waals surface area (Å²) < 4.78 is 0. The quantitative estimate of drug-likeness (QED) is 0.658. The van der Waals surface area contributed by atoms with E-state index < -0.39 is 5.91 Å². The number of carbonyl (C=O) groups is 1. The molecule has 1 amide bonds. The van der Waals surface area contributed by atoms with Crippen LogP contribution >= 0.6 is 0 Å². The van der Waals surface area contributed by atoms with Gasteiger partial charge in [0.15, 0.2) is 0 Å². The van der Waals surface area contributed by atoms with Crippen molar-refractivity contribution in [3.8, 4) is 0 Å². The Hall–Kier alpha value is -1.75. The fraction of sp³-hybridized carbons (Fsp3) is 0.417. The molecule has 1 saturated heterocycles. The lowest BCUT2D eigenvalue weighted by Crippen LogP contribution is -2.32. The molecular formula is C12H17N3O2. The average molecular weight is 235 g/mol. The summed E-state index contributed by atoms with van der Waals surface area (Å²) in [5, 5.41) is 9.29. The van der Waals surface area contributed by atoms with Gasteiger partial charge in [0.2, 0.25) is 5.91 Å². The van der Waals surface area contributed by atoms with Gasteiger partial charge in [-0.3, -0.25) is 4.79 Å². The maximum atomic E-state index is 11.1. The lowest BCUT2D eigenvalue weighted by atomic mass is 10.1. The number of anilines is 2. The van der Waals surface area contributed by atoms with Crippen molar-refractivity contribution in [3.05, 3.63) is 23.8 Å². The highest BCUT2D eigenvalue weighted by molar-refractivity contribution is 5.95. The molecule has 1 unspecified atom stereocenters. The topological polar surface area (TPSA) is 92.6 Å². The zero-order valence-electron chi connectivity index (χ0n) is 9.60. The van der Waals surface area contributed by atoms with Crippen LogP contribution in [0.5, 0.6) is 0 Å². The lowest BCUT2D eigenvalue weighted by molar-refractivity contribution is 0.100. The molecule has 1 aromatic carbocycles. The van der Waals surface area contributed by atoms with Crippen molar-refractivity contribution in [2.75, 3.05) is 23.8 Å². The van der Waals surface area contributed by atoms with E-state index in [1.165, 1.54) is 0 Å². The third-order valence-corrected chi connectivity index (χ3v) is 3.21. The summed E-state index contributed by atoms with van der Waals surface area (Å²) >= 11 is 0. The number of benzene rings is 1. The van der Waals surface area contributed by atoms with Gasteiger partial charge in [-0.2, -0.15) is 0 Å². The summed E-state index contributed by atoms with van der Waals surface area (Å²) in [6.07, 6.45) is 1.96. The predicted molar refractivity (Wildman–Crippen MR) is 66.8 cm³/mol. The average Bonchev–Trinajstić information content (AvgIpc) is 2.77. The Morgan fingerprint density at radius 2 is 2.29 bits per heavy atom. The molecule has 1 heterocycles. The first-order valence-corrected chi connectivity index (χ1v) is 5.70. The van der Waals surface area contributed by atoms with Gasteiger partial charge in [-0.25, -0.2) is 0 Å². The van der Waals surface area contributed by atoms with E-state index in [0.29, 0.717) is 11.3 Å². The van der Waals surface area contributed by atoms with Crippen LogP contribution in [0.2, 0.25) is 0 Å². The number of nitrogens with two attached hydrogens (primary N) is 2. The van der Waals surface area contributed by atoms with Crippen LogP contribution in [-0.2, 0) is 0 Å². The van der Waals surface area contributed by atoms with Gasteiger partial charge in [-0.15, -0.1) is 0 Å². The fourth-order valence-electron chi connectivity index (χ4n) is 2.29. The molecule has 0 radical (unpaired) electrons. The minimum Gasteiger partial charge on any atom is -0.397 e. The highest BCUT2D eigenvalue weighted by Crippen LogP contribution is 2.31. The Morgan fingerprint density at radius 3 is 2.94 bits per heavy atom. The smallest absolute Gasteiger partial charge is 0.248 e. The number of hydrogen-bond donors (Lipinski definition) is 3. The molecule has 92 valence electrons. The molecule has 0 spiro atoms. The van der Waals surface area contributed by atoms with E-state index in [-0.39, 0.29) is 12.6 Å². The van der Waals surface area contributed by atoms with Crippen molar-refractivity contribution in [1.29, 1.82) is 0 Å². The van der Waals surface area contributed by atoms with Gasteiger partial charge in [-0.05, 0) is 31.0 Å². The minimum absolute atomic E-state index is 0.0837. The van der Waals surface area contributed by atoms with Crippen LogP contribution in [0.15, 0.2) is 18.2 Å². The number of carbonyl (C=O) groups excluding carboxylic acids is 1. The SMILES string of the molecule is NC(=O)c1ccc(N)c(N2CCCC2CO)c1. The van der Waals surface area contributed by atoms with Crippen molar-refractivity contribution >= 4 is 17.3 Å². The summed E-state index contributed by atoms with van der Waals surface area (Å²) in [6, 6.07) is 5.08. The van der Waals surface area contributed by atoms with Crippen molar-refractivity contribution in [1.82, 2.24) is 0 Å². The monoisotopic (exact) mass is 235 g/mol. The van der Waals surface area contributed by atoms with E-state index in [9.17, 15) is 9.90 Å². The second-order valence-electron chi connectivity index (χ2n) is 4.31. The van der Waals surface area contributed by atoms with Crippen LogP contribution < -0.4 is 16.4 Å². The second kappa shape index (κ2) is 4.63. The summed E-state index contributed by atoms with van der Waals surface area (Å²) in [5.74, 6) is -0.467. The van der Waals surface area contributed by atoms with Gasteiger partial charge in [0.25, 0.3) is 0 Å². The van der Waals surface area contributed by atoms with Crippen LogP contribution in [0.1, 0.15) is 23.2 Å². The molecule has 1 aromatic rings. The summed E-state index contributed by atoms with van der Waals surface area (Å²) in [4.78, 5) is 13.2. The summed E-state index contributed by atoms with van der Waals surface area (Å²) in [7, 11) is 0. The summed E-state index contributed by atoms with van der Waals surface area (Å²) in [5.41, 5.74) is 13.0. The van der Waals surface area contributed by atoms with Gasteiger partial charge in [0.05, 0.1) is 24.0 Å².